The zero-order valence-electron chi connectivity index (χ0n) is 22.0. The minimum atomic E-state index is -3.67. The third kappa shape index (κ3) is 5.16. The average molecular weight is 585 g/mol. The molecular weight excluding hydrogens is 558 g/mol. The van der Waals surface area contributed by atoms with Gasteiger partial charge in [0, 0.05) is 35.2 Å². The summed E-state index contributed by atoms with van der Waals surface area (Å²) < 4.78 is 60.3. The first-order valence-corrected chi connectivity index (χ1v) is 15.3. The lowest BCUT2D eigenvalue weighted by atomic mass is 10.1. The van der Waals surface area contributed by atoms with Gasteiger partial charge in [-0.1, -0.05) is 0 Å². The smallest absolute Gasteiger partial charge is 0.277 e. The van der Waals surface area contributed by atoms with Crippen LogP contribution in [0, 0.1) is 13.8 Å². The summed E-state index contributed by atoms with van der Waals surface area (Å²) in [7, 11) is -3.67. The number of hydrogen-bond acceptors (Lipinski definition) is 9. The number of rotatable bonds is 7. The van der Waals surface area contributed by atoms with Crippen LogP contribution in [0.1, 0.15) is 33.3 Å². The number of aryl methyl sites for hydroxylation is 2. The third-order valence-electron chi connectivity index (χ3n) is 6.87. The lowest BCUT2D eigenvalue weighted by molar-refractivity contribution is 0.0800. The molecule has 3 aromatic heterocycles. The molecule has 0 spiro atoms. The standard InChI is InChI=1S/C27H26F2N6O3S2/c1-14-15(2)39-27(30-14)16-4-5-20(24(8-16)40(3,36)37)32-21-11-17(31-22-12-23(26(28)29)33-25(21)22)9-18-10-19-13-38-7-6-35(19)34-18/h4-5,8,10-11,26H,6-7,9,12-13H2,1-3H3,(H,31,32). The second-order valence-corrected chi connectivity index (χ2v) is 13.1. The number of anilines is 2. The zero-order valence-corrected chi connectivity index (χ0v) is 23.7. The maximum atomic E-state index is 13.6. The first kappa shape index (κ1) is 26.7. The van der Waals surface area contributed by atoms with Crippen LogP contribution >= 0.6 is 11.3 Å². The van der Waals surface area contributed by atoms with Crippen molar-refractivity contribution in [2.24, 2.45) is 4.99 Å². The van der Waals surface area contributed by atoms with Crippen molar-refractivity contribution in [2.45, 2.75) is 51.2 Å². The van der Waals surface area contributed by atoms with Crippen molar-refractivity contribution in [3.63, 3.8) is 0 Å². The summed E-state index contributed by atoms with van der Waals surface area (Å²) in [5, 5.41) is 8.53. The Labute approximate surface area is 233 Å². The van der Waals surface area contributed by atoms with Crippen LogP contribution in [0.25, 0.3) is 10.6 Å². The lowest BCUT2D eigenvalue weighted by Crippen LogP contribution is -2.16. The Kier molecular flexibility index (Phi) is 6.75. The molecule has 2 aliphatic heterocycles. The van der Waals surface area contributed by atoms with Gasteiger partial charge in [-0.3, -0.25) is 9.67 Å². The van der Waals surface area contributed by atoms with Crippen LogP contribution in [0.5, 0.6) is 0 Å². The van der Waals surface area contributed by atoms with Crippen molar-refractivity contribution < 1.29 is 21.9 Å². The van der Waals surface area contributed by atoms with Crippen LogP contribution < -0.4 is 5.32 Å². The second kappa shape index (κ2) is 10.1. The van der Waals surface area contributed by atoms with E-state index in [0.29, 0.717) is 54.5 Å². The van der Waals surface area contributed by atoms with Gasteiger partial charge in [-0.05, 0) is 44.2 Å². The van der Waals surface area contributed by atoms with Gasteiger partial charge >= 0.3 is 0 Å². The van der Waals surface area contributed by atoms with E-state index in [1.165, 1.54) is 11.3 Å². The Bertz CT molecular complexity index is 1740. The van der Waals surface area contributed by atoms with Crippen LogP contribution in [0.4, 0.5) is 25.8 Å². The first-order chi connectivity index (χ1) is 19.0. The number of aliphatic imine (C=N–C) groups is 1. The number of sulfone groups is 1. The molecular formula is C27H26F2N6O3S2. The molecule has 0 bridgehead atoms. The molecule has 2 aliphatic rings. The summed E-state index contributed by atoms with van der Waals surface area (Å²) in [4.78, 5) is 14.5. The number of halogens is 2. The number of ether oxygens (including phenoxy) is 1. The molecule has 0 atom stereocenters. The molecule has 208 valence electrons. The maximum Gasteiger partial charge on any atom is 0.277 e. The number of aromatic nitrogens is 4. The third-order valence-corrected chi connectivity index (χ3v) is 9.13. The van der Waals surface area contributed by atoms with Crippen LogP contribution in [-0.2, 0) is 40.6 Å². The largest absolute Gasteiger partial charge is 0.373 e. The molecule has 0 saturated heterocycles. The zero-order chi connectivity index (χ0) is 28.2. The Morgan fingerprint density at radius 3 is 2.65 bits per heavy atom. The van der Waals surface area contributed by atoms with Gasteiger partial charge in [0.05, 0.1) is 64.5 Å². The van der Waals surface area contributed by atoms with Crippen LogP contribution in [0.2, 0.25) is 0 Å². The molecule has 0 amide bonds. The van der Waals surface area contributed by atoms with Gasteiger partial charge in [-0.25, -0.2) is 27.2 Å². The number of hydrogen-bond donors (Lipinski definition) is 1. The van der Waals surface area contributed by atoms with Gasteiger partial charge in [-0.2, -0.15) is 5.10 Å². The van der Waals surface area contributed by atoms with Gasteiger partial charge in [-0.15, -0.1) is 11.3 Å². The molecule has 0 aliphatic carbocycles. The average Bonchev–Trinajstić information content (AvgIpc) is 3.60. The molecule has 0 radical (unpaired) electrons. The molecule has 9 nitrogen and oxygen atoms in total. The van der Waals surface area contributed by atoms with E-state index in [-0.39, 0.29) is 22.7 Å². The highest BCUT2D eigenvalue weighted by Crippen LogP contribution is 2.40. The van der Waals surface area contributed by atoms with Gasteiger partial charge in [0.1, 0.15) is 10.7 Å². The highest BCUT2D eigenvalue weighted by atomic mass is 32.2. The summed E-state index contributed by atoms with van der Waals surface area (Å²) >= 11 is 1.49. The minimum absolute atomic E-state index is 0.0699. The van der Waals surface area contributed by atoms with E-state index in [2.05, 4.69) is 25.4 Å². The van der Waals surface area contributed by atoms with Crippen LogP contribution in [0.3, 0.4) is 0 Å². The van der Waals surface area contributed by atoms with Crippen molar-refractivity contribution >= 4 is 43.9 Å². The molecule has 5 heterocycles. The molecule has 0 fully saturated rings. The van der Waals surface area contributed by atoms with Gasteiger partial charge in [0.25, 0.3) is 6.43 Å². The van der Waals surface area contributed by atoms with Crippen molar-refractivity contribution in [3.05, 3.63) is 63.7 Å². The first-order valence-electron chi connectivity index (χ1n) is 12.6. The molecule has 4 aromatic rings. The van der Waals surface area contributed by atoms with Crippen LogP contribution in [-0.4, -0.2) is 53.2 Å². The fourth-order valence-electron chi connectivity index (χ4n) is 4.79. The van der Waals surface area contributed by atoms with E-state index in [1.54, 1.807) is 24.3 Å². The normalized spacial score (nSPS) is 14.8. The highest BCUT2D eigenvalue weighted by Gasteiger charge is 2.27. The Hall–Kier alpha value is -3.55. The number of benzene rings is 1. The minimum Gasteiger partial charge on any atom is -0.373 e. The summed E-state index contributed by atoms with van der Waals surface area (Å²) in [5.74, 6) is 0. The molecule has 1 aromatic carbocycles. The highest BCUT2D eigenvalue weighted by molar-refractivity contribution is 7.90. The van der Waals surface area contributed by atoms with E-state index >= 15 is 0 Å². The Morgan fingerprint density at radius 1 is 1.12 bits per heavy atom. The number of nitrogens with zero attached hydrogens (tertiary/aromatic N) is 5. The number of nitrogens with one attached hydrogen (secondary N) is 1. The lowest BCUT2D eigenvalue weighted by Gasteiger charge is -2.15. The monoisotopic (exact) mass is 584 g/mol. The van der Waals surface area contributed by atoms with E-state index in [0.717, 1.165) is 33.2 Å². The second-order valence-electron chi connectivity index (χ2n) is 9.89. The topological polar surface area (TPSA) is 111 Å². The summed E-state index contributed by atoms with van der Waals surface area (Å²) in [6.07, 6.45) is -1.30. The predicted octanol–water partition coefficient (Wildman–Crippen LogP) is 5.18. The van der Waals surface area contributed by atoms with Crippen molar-refractivity contribution in [1.29, 1.82) is 0 Å². The maximum absolute atomic E-state index is 13.6. The number of pyridine rings is 1. The van der Waals surface area contributed by atoms with Crippen molar-refractivity contribution in [3.8, 4) is 10.6 Å². The quantitative estimate of drug-likeness (QED) is 0.319. The van der Waals surface area contributed by atoms with Crippen LogP contribution in [0.15, 0.2) is 40.2 Å². The molecule has 40 heavy (non-hydrogen) atoms. The number of alkyl halides is 2. The number of fused-ring (bicyclic) bond motifs is 2. The SMILES string of the molecule is Cc1nc(-c2ccc(Nc3cc(Cc4cc5n(n4)CCOC5)nc4c3N=C(C(F)F)C4)c(S(C)(=O)=O)c2)sc1C. The fraction of sp³-hybridized carbons (Fsp3) is 0.333. The van der Waals surface area contributed by atoms with Gasteiger partial charge in [0.2, 0.25) is 0 Å². The molecule has 13 heteroatoms. The molecule has 1 N–H and O–H groups in total. The van der Waals surface area contributed by atoms with E-state index < -0.39 is 16.3 Å². The van der Waals surface area contributed by atoms with Crippen molar-refractivity contribution in [1.82, 2.24) is 19.7 Å². The summed E-state index contributed by atoms with van der Waals surface area (Å²) in [5.41, 5.74) is 5.06. The Morgan fingerprint density at radius 2 is 1.95 bits per heavy atom. The summed E-state index contributed by atoms with van der Waals surface area (Å²) in [6.45, 7) is 5.61. The molecule has 0 saturated carbocycles. The van der Waals surface area contributed by atoms with E-state index in [1.807, 2.05) is 24.6 Å². The predicted molar refractivity (Wildman–Crippen MR) is 149 cm³/mol. The van der Waals surface area contributed by atoms with Gasteiger partial charge in [0.15, 0.2) is 9.84 Å². The molecule has 6 rings (SSSR count). The Balaban J connectivity index is 1.40. The van der Waals surface area contributed by atoms with E-state index in [4.69, 9.17) is 4.74 Å². The summed E-state index contributed by atoms with van der Waals surface area (Å²) in [6, 6.07) is 8.72. The van der Waals surface area contributed by atoms with Crippen molar-refractivity contribution in [2.75, 3.05) is 18.2 Å². The van der Waals surface area contributed by atoms with E-state index in [9.17, 15) is 17.2 Å². The van der Waals surface area contributed by atoms with Gasteiger partial charge < -0.3 is 10.1 Å². The molecule has 0 unspecified atom stereocenters. The fourth-order valence-corrected chi connectivity index (χ4v) is 6.57. The number of thiazole rings is 1.